The fourth-order valence-corrected chi connectivity index (χ4v) is 4.40. The van der Waals surface area contributed by atoms with Gasteiger partial charge in [-0.1, -0.05) is 29.3 Å². The van der Waals surface area contributed by atoms with Gasteiger partial charge in [-0.2, -0.15) is 5.26 Å². The third-order valence-electron chi connectivity index (χ3n) is 5.79. The Hall–Kier alpha value is -3.21. The van der Waals surface area contributed by atoms with Gasteiger partial charge in [-0.3, -0.25) is 4.79 Å². The summed E-state index contributed by atoms with van der Waals surface area (Å²) in [6.45, 7) is 4.67. The molecular weight excluding hydrogens is 461 g/mol. The van der Waals surface area contributed by atoms with Gasteiger partial charge in [0.25, 0.3) is 5.91 Å². The lowest BCUT2D eigenvalue weighted by molar-refractivity contribution is 0.0763. The van der Waals surface area contributed by atoms with Crippen molar-refractivity contribution in [3.8, 4) is 11.9 Å². The quantitative estimate of drug-likeness (QED) is 0.525. The van der Waals surface area contributed by atoms with Gasteiger partial charge in [-0.15, -0.1) is 0 Å². The number of aryl methyl sites for hydroxylation is 1. The molecule has 0 spiro atoms. The Kier molecular flexibility index (Phi) is 6.77. The molecule has 3 atom stereocenters. The first-order valence-electron chi connectivity index (χ1n) is 10.4. The molecule has 168 valence electrons. The monoisotopic (exact) mass is 481 g/mol. The number of hydrogen-bond acceptors (Lipinski definition) is 6. The van der Waals surface area contributed by atoms with Gasteiger partial charge in [0.15, 0.2) is 0 Å². The van der Waals surface area contributed by atoms with E-state index in [1.165, 1.54) is 6.20 Å². The van der Waals surface area contributed by atoms with Crippen LogP contribution in [0.15, 0.2) is 48.8 Å². The number of pyridine rings is 1. The summed E-state index contributed by atoms with van der Waals surface area (Å²) in [5.74, 6) is 0.746. The van der Waals surface area contributed by atoms with Crippen LogP contribution in [0.2, 0.25) is 10.0 Å². The van der Waals surface area contributed by atoms with Crippen molar-refractivity contribution < 1.29 is 9.53 Å². The van der Waals surface area contributed by atoms with Crippen molar-refractivity contribution >= 4 is 29.1 Å². The van der Waals surface area contributed by atoms with Crippen molar-refractivity contribution in [2.75, 3.05) is 13.1 Å². The molecule has 1 saturated heterocycles. The number of nitriles is 1. The van der Waals surface area contributed by atoms with Crippen LogP contribution in [0.1, 0.15) is 40.3 Å². The topological polar surface area (TPSA) is 92.0 Å². The minimum atomic E-state index is -0.269. The number of likely N-dealkylation sites (tertiary alicyclic amines) is 1. The molecule has 3 aromatic rings. The Morgan fingerprint density at radius 2 is 2.00 bits per heavy atom. The zero-order chi connectivity index (χ0) is 23.5. The van der Waals surface area contributed by atoms with Crippen molar-refractivity contribution in [1.82, 2.24) is 19.9 Å². The van der Waals surface area contributed by atoms with Gasteiger partial charge in [0.2, 0.25) is 5.88 Å². The molecule has 1 aromatic carbocycles. The molecule has 33 heavy (non-hydrogen) atoms. The highest BCUT2D eigenvalue weighted by Crippen LogP contribution is 2.38. The SMILES string of the molecule is Cc1nccc(C(=O)N2CC([C@H](C)Oc3ccc(C#N)cn3)[C@@H](c3ccc(Cl)c(Cl)c3)C2)n1. The average molecular weight is 482 g/mol. The minimum absolute atomic E-state index is 0.0277. The third kappa shape index (κ3) is 5.08. The van der Waals surface area contributed by atoms with E-state index in [0.29, 0.717) is 46.1 Å². The molecule has 1 unspecified atom stereocenters. The Balaban J connectivity index is 1.61. The predicted octanol–water partition coefficient (Wildman–Crippen LogP) is 4.68. The largest absolute Gasteiger partial charge is 0.474 e. The molecule has 9 heteroatoms. The fraction of sp³-hybridized carbons (Fsp3) is 0.292. The van der Waals surface area contributed by atoms with Crippen molar-refractivity contribution in [2.45, 2.75) is 25.9 Å². The zero-order valence-electron chi connectivity index (χ0n) is 18.1. The fourth-order valence-electron chi connectivity index (χ4n) is 4.10. The molecule has 1 amide bonds. The molecule has 1 fully saturated rings. The van der Waals surface area contributed by atoms with Crippen LogP contribution in [0.25, 0.3) is 0 Å². The molecule has 1 aliphatic heterocycles. The first kappa shape index (κ1) is 23.0. The van der Waals surface area contributed by atoms with E-state index in [4.69, 9.17) is 33.2 Å². The van der Waals surface area contributed by atoms with E-state index >= 15 is 0 Å². The highest BCUT2D eigenvalue weighted by atomic mass is 35.5. The van der Waals surface area contributed by atoms with E-state index in [1.807, 2.05) is 25.1 Å². The molecule has 0 aliphatic carbocycles. The molecule has 4 rings (SSSR count). The molecular formula is C24H21Cl2N5O2. The number of benzene rings is 1. The Bertz CT molecular complexity index is 1210. The Morgan fingerprint density at radius 1 is 1.18 bits per heavy atom. The lowest BCUT2D eigenvalue weighted by Gasteiger charge is -2.25. The van der Waals surface area contributed by atoms with Crippen molar-refractivity contribution in [3.63, 3.8) is 0 Å². The van der Waals surface area contributed by atoms with E-state index in [0.717, 1.165) is 5.56 Å². The first-order chi connectivity index (χ1) is 15.9. The molecule has 7 nitrogen and oxygen atoms in total. The summed E-state index contributed by atoms with van der Waals surface area (Å²) in [7, 11) is 0. The van der Waals surface area contributed by atoms with E-state index in [1.54, 1.807) is 42.3 Å². The maximum Gasteiger partial charge on any atom is 0.272 e. The second-order valence-electron chi connectivity index (χ2n) is 7.96. The van der Waals surface area contributed by atoms with E-state index in [9.17, 15) is 4.79 Å². The highest BCUT2D eigenvalue weighted by molar-refractivity contribution is 6.42. The van der Waals surface area contributed by atoms with Crippen LogP contribution in [-0.2, 0) is 0 Å². The molecule has 0 saturated carbocycles. The second-order valence-corrected chi connectivity index (χ2v) is 8.78. The number of carbonyl (C=O) groups is 1. The summed E-state index contributed by atoms with van der Waals surface area (Å²) < 4.78 is 6.11. The zero-order valence-corrected chi connectivity index (χ0v) is 19.6. The van der Waals surface area contributed by atoms with Crippen LogP contribution in [0.4, 0.5) is 0 Å². The van der Waals surface area contributed by atoms with Crippen LogP contribution in [0.3, 0.4) is 0 Å². The summed E-state index contributed by atoms with van der Waals surface area (Å²) >= 11 is 12.4. The Morgan fingerprint density at radius 3 is 2.67 bits per heavy atom. The van der Waals surface area contributed by atoms with Crippen molar-refractivity contribution in [1.29, 1.82) is 5.26 Å². The molecule has 1 aliphatic rings. The second kappa shape index (κ2) is 9.74. The van der Waals surface area contributed by atoms with Gasteiger partial charge in [-0.05, 0) is 43.7 Å². The van der Waals surface area contributed by atoms with Crippen molar-refractivity contribution in [3.05, 3.63) is 81.5 Å². The van der Waals surface area contributed by atoms with E-state index in [-0.39, 0.29) is 23.8 Å². The van der Waals surface area contributed by atoms with E-state index < -0.39 is 0 Å². The maximum atomic E-state index is 13.2. The minimum Gasteiger partial charge on any atom is -0.474 e. The third-order valence-corrected chi connectivity index (χ3v) is 6.53. The summed E-state index contributed by atoms with van der Waals surface area (Å²) in [6, 6.07) is 12.5. The number of rotatable bonds is 5. The predicted molar refractivity (Wildman–Crippen MR) is 124 cm³/mol. The van der Waals surface area contributed by atoms with Crippen LogP contribution in [-0.4, -0.2) is 45.0 Å². The van der Waals surface area contributed by atoms with Crippen molar-refractivity contribution in [2.24, 2.45) is 5.92 Å². The number of aromatic nitrogens is 3. The average Bonchev–Trinajstić information content (AvgIpc) is 3.26. The first-order valence-corrected chi connectivity index (χ1v) is 11.2. The van der Waals surface area contributed by atoms with Crippen LogP contribution < -0.4 is 4.74 Å². The van der Waals surface area contributed by atoms with Crippen LogP contribution >= 0.6 is 23.2 Å². The lowest BCUT2D eigenvalue weighted by atomic mass is 9.86. The highest BCUT2D eigenvalue weighted by Gasteiger charge is 2.41. The number of hydrogen-bond donors (Lipinski definition) is 0. The summed E-state index contributed by atoms with van der Waals surface area (Å²) in [5.41, 5.74) is 1.80. The molecule has 0 N–H and O–H groups in total. The van der Waals surface area contributed by atoms with Crippen LogP contribution in [0.5, 0.6) is 5.88 Å². The van der Waals surface area contributed by atoms with Gasteiger partial charge >= 0.3 is 0 Å². The van der Waals surface area contributed by atoms with Gasteiger partial charge in [0.05, 0.1) is 15.6 Å². The van der Waals surface area contributed by atoms with Crippen LogP contribution in [0, 0.1) is 24.2 Å². The Labute approximate surface area is 202 Å². The number of ether oxygens (including phenoxy) is 1. The maximum absolute atomic E-state index is 13.2. The number of amides is 1. The molecule has 0 radical (unpaired) electrons. The number of nitrogens with zero attached hydrogens (tertiary/aromatic N) is 5. The van der Waals surface area contributed by atoms with Gasteiger partial charge in [0, 0.05) is 43.4 Å². The summed E-state index contributed by atoms with van der Waals surface area (Å²) in [6.07, 6.45) is 2.79. The van der Waals surface area contributed by atoms with E-state index in [2.05, 4.69) is 15.0 Å². The molecule has 3 heterocycles. The van der Waals surface area contributed by atoms with Gasteiger partial charge < -0.3 is 9.64 Å². The lowest BCUT2D eigenvalue weighted by Crippen LogP contribution is -2.32. The molecule has 0 bridgehead atoms. The standard InChI is InChI=1S/C24H21Cl2N5O2/c1-14(33-23-6-3-16(10-27)11-29-23)18-12-31(24(32)22-7-8-28-15(2)30-22)13-19(18)17-4-5-20(25)21(26)9-17/h3-9,11,14,18-19H,12-13H2,1-2H3/t14-,18?,19+/m0/s1. The summed E-state index contributed by atoms with van der Waals surface area (Å²) in [4.78, 5) is 27.6. The number of halogens is 2. The smallest absolute Gasteiger partial charge is 0.272 e. The van der Waals surface area contributed by atoms with Gasteiger partial charge in [-0.25, -0.2) is 15.0 Å². The summed E-state index contributed by atoms with van der Waals surface area (Å²) in [5, 5.41) is 9.92. The molecule has 2 aromatic heterocycles. The van der Waals surface area contributed by atoms with Gasteiger partial charge in [0.1, 0.15) is 23.7 Å². The normalized spacial score (nSPS) is 18.6. The number of carbonyl (C=O) groups excluding carboxylic acids is 1.